The van der Waals surface area contributed by atoms with E-state index in [-0.39, 0.29) is 12.0 Å². The Hall–Kier alpha value is -2.59. The third-order valence-electron chi connectivity index (χ3n) is 4.00. The van der Waals surface area contributed by atoms with Gasteiger partial charge in [-0.15, -0.1) is 10.2 Å². The number of amides is 1. The van der Waals surface area contributed by atoms with E-state index >= 15 is 0 Å². The Morgan fingerprint density at radius 1 is 1.42 bits per heavy atom. The van der Waals surface area contributed by atoms with Crippen molar-refractivity contribution < 1.29 is 14.3 Å². The summed E-state index contributed by atoms with van der Waals surface area (Å²) in [4.78, 5) is 21.7. The molecule has 1 unspecified atom stereocenters. The summed E-state index contributed by atoms with van der Waals surface area (Å²) in [5.41, 5.74) is 0.416. The van der Waals surface area contributed by atoms with Gasteiger partial charge < -0.3 is 19.3 Å². The Morgan fingerprint density at radius 3 is 3.04 bits per heavy atom. The minimum absolute atomic E-state index is 0.126. The van der Waals surface area contributed by atoms with E-state index < -0.39 is 0 Å². The molecule has 0 spiro atoms. The fourth-order valence-electron chi connectivity index (χ4n) is 2.61. The quantitative estimate of drug-likeness (QED) is 0.709. The molecule has 2 aromatic heterocycles. The molecule has 1 aliphatic heterocycles. The molecule has 0 radical (unpaired) electrons. The van der Waals surface area contributed by atoms with Crippen LogP contribution in [0.5, 0.6) is 0 Å². The van der Waals surface area contributed by atoms with Crippen molar-refractivity contribution in [2.24, 2.45) is 0 Å². The van der Waals surface area contributed by atoms with E-state index in [1.807, 2.05) is 12.1 Å². The van der Waals surface area contributed by atoms with Crippen LogP contribution in [0.3, 0.4) is 0 Å². The average molecular weight is 361 g/mol. The molecule has 140 valence electrons. The van der Waals surface area contributed by atoms with Crippen molar-refractivity contribution in [2.75, 3.05) is 52.4 Å². The summed E-state index contributed by atoms with van der Waals surface area (Å²) < 4.78 is 10.8. The van der Waals surface area contributed by atoms with E-state index in [1.165, 1.54) is 9.70 Å². The van der Waals surface area contributed by atoms with Crippen molar-refractivity contribution in [1.29, 1.82) is 0 Å². The van der Waals surface area contributed by atoms with E-state index in [0.29, 0.717) is 44.4 Å². The van der Waals surface area contributed by atoms with Crippen molar-refractivity contribution in [3.8, 4) is 0 Å². The topological polar surface area (TPSA) is 98.5 Å². The van der Waals surface area contributed by atoms with Gasteiger partial charge in [-0.1, -0.05) is 6.07 Å². The fourth-order valence-corrected chi connectivity index (χ4v) is 2.61. The molecular formula is C16H23N7O3. The number of pyridine rings is 1. The van der Waals surface area contributed by atoms with E-state index in [9.17, 15) is 4.79 Å². The Kier molecular flexibility index (Phi) is 5.74. The van der Waals surface area contributed by atoms with Gasteiger partial charge in [0.1, 0.15) is 17.6 Å². The van der Waals surface area contributed by atoms with Gasteiger partial charge in [-0.2, -0.15) is 4.80 Å². The zero-order valence-corrected chi connectivity index (χ0v) is 15.2. The maximum Gasteiger partial charge on any atom is 0.272 e. The number of morpholine rings is 1. The maximum absolute atomic E-state index is 12.1. The normalized spacial score (nSPS) is 17.3. The van der Waals surface area contributed by atoms with Gasteiger partial charge in [0, 0.05) is 27.7 Å². The number of tetrazole rings is 1. The van der Waals surface area contributed by atoms with Crippen molar-refractivity contribution in [3.05, 3.63) is 29.7 Å². The lowest BCUT2D eigenvalue weighted by Gasteiger charge is -2.32. The number of carbonyl (C=O) groups is 1. The molecule has 2 aromatic rings. The zero-order valence-electron chi connectivity index (χ0n) is 15.2. The van der Waals surface area contributed by atoms with E-state index in [2.05, 4.69) is 25.3 Å². The summed E-state index contributed by atoms with van der Waals surface area (Å²) in [5.74, 6) is 1.14. The number of rotatable bonds is 6. The standard InChI is InChI=1S/C16H23N7O3/c1-21(2)16(24)12-5-4-6-14(17-12)22-7-10-26-13(11-22)15-18-20-23(19-15)8-9-25-3/h4-6,13H,7-11H2,1-3H3. The minimum Gasteiger partial charge on any atom is -0.383 e. The average Bonchev–Trinajstić information content (AvgIpc) is 3.15. The molecule has 26 heavy (non-hydrogen) atoms. The molecule has 1 atom stereocenters. The highest BCUT2D eigenvalue weighted by atomic mass is 16.5. The molecule has 0 saturated carbocycles. The van der Waals surface area contributed by atoms with Gasteiger partial charge in [-0.3, -0.25) is 4.79 Å². The summed E-state index contributed by atoms with van der Waals surface area (Å²) in [6.45, 7) is 2.80. The van der Waals surface area contributed by atoms with Crippen molar-refractivity contribution >= 4 is 11.7 Å². The maximum atomic E-state index is 12.1. The summed E-state index contributed by atoms with van der Waals surface area (Å²) in [7, 11) is 5.04. The predicted molar refractivity (Wildman–Crippen MR) is 92.9 cm³/mol. The molecule has 0 N–H and O–H groups in total. The first-order valence-corrected chi connectivity index (χ1v) is 8.40. The molecule has 0 aromatic carbocycles. The third kappa shape index (κ3) is 4.14. The monoisotopic (exact) mass is 361 g/mol. The first kappa shape index (κ1) is 18.2. The summed E-state index contributed by atoms with van der Waals surface area (Å²) >= 11 is 0. The smallest absolute Gasteiger partial charge is 0.272 e. The number of carbonyl (C=O) groups excluding carboxylic acids is 1. The van der Waals surface area contributed by atoms with Gasteiger partial charge in [0.2, 0.25) is 5.82 Å². The number of anilines is 1. The number of hydrogen-bond acceptors (Lipinski definition) is 8. The van der Waals surface area contributed by atoms with Crippen LogP contribution < -0.4 is 4.90 Å². The Bertz CT molecular complexity index is 749. The third-order valence-corrected chi connectivity index (χ3v) is 4.00. The highest BCUT2D eigenvalue weighted by molar-refractivity contribution is 5.92. The molecule has 3 heterocycles. The fraction of sp³-hybridized carbons (Fsp3) is 0.562. The van der Waals surface area contributed by atoms with E-state index in [1.54, 1.807) is 27.3 Å². The second-order valence-electron chi connectivity index (χ2n) is 6.12. The van der Waals surface area contributed by atoms with E-state index in [0.717, 1.165) is 5.82 Å². The van der Waals surface area contributed by atoms with Crippen LogP contribution in [0.2, 0.25) is 0 Å². The van der Waals surface area contributed by atoms with Gasteiger partial charge in [-0.05, 0) is 17.3 Å². The van der Waals surface area contributed by atoms with Crippen molar-refractivity contribution in [3.63, 3.8) is 0 Å². The van der Waals surface area contributed by atoms with E-state index in [4.69, 9.17) is 9.47 Å². The minimum atomic E-state index is -0.296. The van der Waals surface area contributed by atoms with Crippen LogP contribution in [0.25, 0.3) is 0 Å². The Labute approximate surface area is 151 Å². The lowest BCUT2D eigenvalue weighted by atomic mass is 10.2. The molecule has 1 amide bonds. The van der Waals surface area contributed by atoms with Crippen LogP contribution >= 0.6 is 0 Å². The van der Waals surface area contributed by atoms with Crippen LogP contribution in [-0.2, 0) is 16.0 Å². The predicted octanol–water partition coefficient (Wildman–Crippen LogP) is -0.00580. The second kappa shape index (κ2) is 8.19. The highest BCUT2D eigenvalue weighted by Crippen LogP contribution is 2.23. The van der Waals surface area contributed by atoms with Gasteiger partial charge >= 0.3 is 0 Å². The summed E-state index contributed by atoms with van der Waals surface area (Å²) in [6.07, 6.45) is -0.296. The second-order valence-corrected chi connectivity index (χ2v) is 6.12. The Balaban J connectivity index is 1.71. The first-order valence-electron chi connectivity index (χ1n) is 8.40. The first-order chi connectivity index (χ1) is 12.6. The van der Waals surface area contributed by atoms with Crippen molar-refractivity contribution in [2.45, 2.75) is 12.6 Å². The molecular weight excluding hydrogens is 338 g/mol. The summed E-state index contributed by atoms with van der Waals surface area (Å²) in [6, 6.07) is 5.44. The highest BCUT2D eigenvalue weighted by Gasteiger charge is 2.27. The largest absolute Gasteiger partial charge is 0.383 e. The van der Waals surface area contributed by atoms with Gasteiger partial charge in [-0.25, -0.2) is 4.98 Å². The lowest BCUT2D eigenvalue weighted by molar-refractivity contribution is 0.0334. The number of hydrogen-bond donors (Lipinski definition) is 0. The molecule has 1 fully saturated rings. The van der Waals surface area contributed by atoms with Gasteiger partial charge in [0.15, 0.2) is 0 Å². The van der Waals surface area contributed by atoms with Crippen molar-refractivity contribution in [1.82, 2.24) is 30.1 Å². The SMILES string of the molecule is COCCn1nnc(C2CN(c3cccc(C(=O)N(C)C)n3)CCO2)n1. The number of methoxy groups -OCH3 is 1. The zero-order chi connectivity index (χ0) is 18.5. The molecule has 0 aliphatic carbocycles. The molecule has 10 heteroatoms. The van der Waals surface area contributed by atoms with Crippen LogP contribution in [0.4, 0.5) is 5.82 Å². The van der Waals surface area contributed by atoms with Crippen LogP contribution in [0, 0.1) is 0 Å². The molecule has 3 rings (SSSR count). The number of aromatic nitrogens is 5. The molecule has 1 aliphatic rings. The lowest BCUT2D eigenvalue weighted by Crippen LogP contribution is -2.39. The van der Waals surface area contributed by atoms with Crippen LogP contribution in [-0.4, -0.2) is 83.5 Å². The summed E-state index contributed by atoms with van der Waals surface area (Å²) in [5, 5.41) is 12.4. The molecule has 10 nitrogen and oxygen atoms in total. The number of nitrogens with zero attached hydrogens (tertiary/aromatic N) is 7. The molecule has 1 saturated heterocycles. The van der Waals surface area contributed by atoms with Gasteiger partial charge in [0.05, 0.1) is 26.3 Å². The van der Waals surface area contributed by atoms with Crippen LogP contribution in [0.15, 0.2) is 18.2 Å². The number of ether oxygens (including phenoxy) is 2. The Morgan fingerprint density at radius 2 is 2.27 bits per heavy atom. The molecule has 0 bridgehead atoms. The van der Waals surface area contributed by atoms with Crippen LogP contribution in [0.1, 0.15) is 22.4 Å². The van der Waals surface area contributed by atoms with Gasteiger partial charge in [0.25, 0.3) is 5.91 Å².